The maximum absolute atomic E-state index is 12.9. The van der Waals surface area contributed by atoms with Gasteiger partial charge in [0.05, 0.1) is 0 Å². The third kappa shape index (κ3) is 55.2. The summed E-state index contributed by atoms with van der Waals surface area (Å²) >= 11 is 0. The van der Waals surface area contributed by atoms with Crippen molar-refractivity contribution >= 4 is 17.9 Å². The number of carbonyl (C=O) groups excluding carboxylic acids is 3. The molecule has 0 saturated heterocycles. The second-order valence-corrected chi connectivity index (χ2v) is 21.9. The van der Waals surface area contributed by atoms with Crippen LogP contribution in [0.25, 0.3) is 0 Å². The monoisotopic (exact) mass is 947 g/mol. The highest BCUT2D eigenvalue weighted by atomic mass is 16.6. The number of rotatable bonds is 55. The smallest absolute Gasteiger partial charge is 0.306 e. The summed E-state index contributed by atoms with van der Waals surface area (Å²) < 4.78 is 16.9. The van der Waals surface area contributed by atoms with Crippen molar-refractivity contribution in [1.29, 1.82) is 0 Å². The van der Waals surface area contributed by atoms with E-state index in [1.807, 2.05) is 0 Å². The van der Waals surface area contributed by atoms with Gasteiger partial charge >= 0.3 is 17.9 Å². The molecule has 0 fully saturated rings. The average Bonchev–Trinajstić information content (AvgIpc) is 3.30. The Bertz CT molecular complexity index is 1020. The van der Waals surface area contributed by atoms with E-state index in [1.54, 1.807) is 0 Å². The molecule has 0 unspecified atom stereocenters. The van der Waals surface area contributed by atoms with Gasteiger partial charge in [0.25, 0.3) is 0 Å². The van der Waals surface area contributed by atoms with Crippen LogP contribution in [-0.2, 0) is 28.6 Å². The quantitative estimate of drug-likeness (QED) is 0.0343. The van der Waals surface area contributed by atoms with E-state index in [2.05, 4.69) is 34.6 Å². The predicted octanol–water partition coefficient (Wildman–Crippen LogP) is 20.0. The van der Waals surface area contributed by atoms with Crippen LogP contribution in [0.15, 0.2) is 0 Å². The lowest BCUT2D eigenvalue weighted by molar-refractivity contribution is -0.167. The topological polar surface area (TPSA) is 78.9 Å². The molecule has 6 nitrogen and oxygen atoms in total. The summed E-state index contributed by atoms with van der Waals surface area (Å²) in [6, 6.07) is 0. The Balaban J connectivity index is 4.18. The molecule has 0 bridgehead atoms. The zero-order valence-corrected chi connectivity index (χ0v) is 46.0. The lowest BCUT2D eigenvalue weighted by atomic mass is 10.0. The fraction of sp³-hybridized carbons (Fsp3) is 0.951. The molecule has 0 N–H and O–H groups in total. The lowest BCUT2D eigenvalue weighted by Crippen LogP contribution is -2.30. The third-order valence-electron chi connectivity index (χ3n) is 14.0. The Kier molecular flexibility index (Phi) is 52.5. The van der Waals surface area contributed by atoms with Crippen molar-refractivity contribution in [3.8, 4) is 0 Å². The van der Waals surface area contributed by atoms with Crippen molar-refractivity contribution in [3.05, 3.63) is 0 Å². The molecule has 0 heterocycles. The lowest BCUT2D eigenvalue weighted by Gasteiger charge is -2.18. The van der Waals surface area contributed by atoms with Crippen molar-refractivity contribution in [1.82, 2.24) is 0 Å². The van der Waals surface area contributed by atoms with Gasteiger partial charge in [-0.3, -0.25) is 14.4 Å². The molecule has 0 radical (unpaired) electrons. The number of ether oxygens (including phenoxy) is 3. The number of unbranched alkanes of at least 4 members (excludes halogenated alkanes) is 40. The first-order valence-electron chi connectivity index (χ1n) is 30.2. The second kappa shape index (κ2) is 53.8. The minimum absolute atomic E-state index is 0.0634. The Morgan fingerprint density at radius 1 is 0.284 bits per heavy atom. The van der Waals surface area contributed by atoms with E-state index in [0.29, 0.717) is 19.3 Å². The number of hydrogen-bond donors (Lipinski definition) is 0. The maximum atomic E-state index is 12.9. The first-order valence-corrected chi connectivity index (χ1v) is 30.2. The van der Waals surface area contributed by atoms with Crippen molar-refractivity contribution < 1.29 is 28.6 Å². The Morgan fingerprint density at radius 3 is 0.731 bits per heavy atom. The van der Waals surface area contributed by atoms with Crippen LogP contribution in [0.5, 0.6) is 0 Å². The minimum Gasteiger partial charge on any atom is -0.462 e. The van der Waals surface area contributed by atoms with Crippen molar-refractivity contribution in [2.24, 2.45) is 11.8 Å². The van der Waals surface area contributed by atoms with Crippen LogP contribution in [-0.4, -0.2) is 37.2 Å². The van der Waals surface area contributed by atoms with Crippen LogP contribution in [0.3, 0.4) is 0 Å². The normalized spacial score (nSPS) is 12.0. The number of esters is 3. The molecule has 398 valence electrons. The van der Waals surface area contributed by atoms with E-state index in [9.17, 15) is 14.4 Å². The number of hydrogen-bond acceptors (Lipinski definition) is 6. The van der Waals surface area contributed by atoms with Crippen LogP contribution in [0, 0.1) is 11.8 Å². The van der Waals surface area contributed by atoms with Crippen LogP contribution in [0.1, 0.15) is 343 Å². The molecule has 0 aromatic carbocycles. The van der Waals surface area contributed by atoms with Gasteiger partial charge in [0.15, 0.2) is 6.10 Å². The average molecular weight is 948 g/mol. The van der Waals surface area contributed by atoms with Gasteiger partial charge in [0.1, 0.15) is 13.2 Å². The van der Waals surface area contributed by atoms with Gasteiger partial charge in [-0.2, -0.15) is 0 Å². The first kappa shape index (κ1) is 65.4. The van der Waals surface area contributed by atoms with Gasteiger partial charge < -0.3 is 14.2 Å². The molecule has 0 aliphatic carbocycles. The molecule has 0 aliphatic rings. The van der Waals surface area contributed by atoms with Gasteiger partial charge in [-0.15, -0.1) is 0 Å². The highest BCUT2D eigenvalue weighted by Crippen LogP contribution is 2.19. The first-order chi connectivity index (χ1) is 32.7. The molecule has 0 saturated carbocycles. The molecule has 67 heavy (non-hydrogen) atoms. The van der Waals surface area contributed by atoms with Crippen LogP contribution in [0.2, 0.25) is 0 Å². The summed E-state index contributed by atoms with van der Waals surface area (Å²) in [6.07, 6.45) is 58.4. The van der Waals surface area contributed by atoms with Crippen molar-refractivity contribution in [2.75, 3.05) is 13.2 Å². The zero-order valence-electron chi connectivity index (χ0n) is 46.0. The van der Waals surface area contributed by atoms with E-state index >= 15 is 0 Å². The van der Waals surface area contributed by atoms with Gasteiger partial charge in [-0.25, -0.2) is 0 Å². The molecular weight excluding hydrogens is 829 g/mol. The SMILES string of the molecule is CCCCCCCCCCCCCCCCCCCCCC(=O)OC[C@@H](COC(=O)CCCCCCCCC(C)C)OC(=O)CCCCCCCCCCCCCCCCCCCCC(C)C. The molecule has 0 aliphatic heterocycles. The van der Waals surface area contributed by atoms with Gasteiger partial charge in [0, 0.05) is 19.3 Å². The van der Waals surface area contributed by atoms with Crippen molar-refractivity contribution in [2.45, 2.75) is 349 Å². The molecule has 0 amide bonds. The van der Waals surface area contributed by atoms with Crippen LogP contribution in [0.4, 0.5) is 0 Å². The maximum Gasteiger partial charge on any atom is 0.306 e. The summed E-state index contributed by atoms with van der Waals surface area (Å²) in [4.78, 5) is 38.1. The standard InChI is InChI=1S/C61H118O6/c1-6-7-8-9-10-11-12-13-14-15-16-20-23-26-29-32-35-41-46-51-59(62)65-54-58(55-66-60(63)52-47-42-38-37-40-45-50-57(4)5)67-61(64)53-48-43-36-33-30-27-24-21-18-17-19-22-25-28-31-34-39-44-49-56(2)3/h56-58H,6-55H2,1-5H3/t58-/m0/s1. The van der Waals surface area contributed by atoms with Gasteiger partial charge in [0.2, 0.25) is 0 Å². The molecule has 0 aromatic heterocycles. The fourth-order valence-corrected chi connectivity index (χ4v) is 9.40. The number of carbonyl (C=O) groups is 3. The summed E-state index contributed by atoms with van der Waals surface area (Å²) in [5, 5.41) is 0. The zero-order chi connectivity index (χ0) is 48.9. The Morgan fingerprint density at radius 2 is 0.493 bits per heavy atom. The second-order valence-electron chi connectivity index (χ2n) is 21.9. The third-order valence-corrected chi connectivity index (χ3v) is 14.0. The molecule has 1 atom stereocenters. The van der Waals surface area contributed by atoms with E-state index in [-0.39, 0.29) is 31.1 Å². The van der Waals surface area contributed by atoms with Crippen LogP contribution >= 0.6 is 0 Å². The highest BCUT2D eigenvalue weighted by Gasteiger charge is 2.19. The van der Waals surface area contributed by atoms with E-state index in [4.69, 9.17) is 14.2 Å². The van der Waals surface area contributed by atoms with E-state index in [0.717, 1.165) is 69.6 Å². The highest BCUT2D eigenvalue weighted by molar-refractivity contribution is 5.71. The Labute approximate surface area is 418 Å². The summed E-state index contributed by atoms with van der Waals surface area (Å²) in [6.45, 7) is 11.4. The molecular formula is C61H118O6. The summed E-state index contributed by atoms with van der Waals surface area (Å²) in [7, 11) is 0. The van der Waals surface area contributed by atoms with E-state index < -0.39 is 6.10 Å². The van der Waals surface area contributed by atoms with Gasteiger partial charge in [-0.1, -0.05) is 304 Å². The molecule has 6 heteroatoms. The molecule has 0 rings (SSSR count). The Hall–Kier alpha value is -1.59. The van der Waals surface area contributed by atoms with Crippen molar-refractivity contribution in [3.63, 3.8) is 0 Å². The van der Waals surface area contributed by atoms with Gasteiger partial charge in [-0.05, 0) is 31.1 Å². The van der Waals surface area contributed by atoms with Crippen LogP contribution < -0.4 is 0 Å². The predicted molar refractivity (Wildman–Crippen MR) is 289 cm³/mol. The minimum atomic E-state index is -0.763. The molecule has 0 spiro atoms. The van der Waals surface area contributed by atoms with E-state index in [1.165, 1.54) is 231 Å². The summed E-state index contributed by atoms with van der Waals surface area (Å²) in [5.74, 6) is 0.778. The largest absolute Gasteiger partial charge is 0.462 e. The summed E-state index contributed by atoms with van der Waals surface area (Å²) in [5.41, 5.74) is 0. The fourth-order valence-electron chi connectivity index (χ4n) is 9.40. The molecule has 0 aromatic rings.